The molecule has 0 amide bonds. The first kappa shape index (κ1) is 36.4. The van der Waals surface area contributed by atoms with Gasteiger partial charge in [-0.3, -0.25) is 0 Å². The van der Waals surface area contributed by atoms with E-state index in [1.54, 1.807) is 0 Å². The lowest BCUT2D eigenvalue weighted by atomic mass is 9.81. The third-order valence-corrected chi connectivity index (χ3v) is 12.3. The fourth-order valence-corrected chi connectivity index (χ4v) is 9.33. The summed E-state index contributed by atoms with van der Waals surface area (Å²) >= 11 is 0. The summed E-state index contributed by atoms with van der Waals surface area (Å²) in [5.74, 6) is 0. The van der Waals surface area contributed by atoms with Gasteiger partial charge in [-0.05, 0) is 128 Å². The Morgan fingerprint density at radius 1 is 0.246 bits per heavy atom. The van der Waals surface area contributed by atoms with Crippen LogP contribution >= 0.6 is 0 Å². The van der Waals surface area contributed by atoms with Gasteiger partial charge in [0.1, 0.15) is 0 Å². The number of hydrogen-bond acceptors (Lipinski definition) is 0. The van der Waals surface area contributed by atoms with Crippen LogP contribution in [-0.4, -0.2) is 0 Å². The zero-order valence-corrected chi connectivity index (χ0v) is 34.5. The Hall–Kier alpha value is -6.24. The summed E-state index contributed by atoms with van der Waals surface area (Å²) in [6.07, 6.45) is 0. The Bertz CT molecular complexity index is 3040. The number of rotatable bonds is 0. The van der Waals surface area contributed by atoms with Crippen LogP contribution < -0.4 is 0 Å². The van der Waals surface area contributed by atoms with Crippen LogP contribution in [0.2, 0.25) is 0 Å². The molecule has 0 radical (unpaired) electrons. The van der Waals surface area contributed by atoms with Gasteiger partial charge in [0, 0.05) is 5.41 Å². The molecule has 57 heavy (non-hydrogen) atoms. The van der Waals surface area contributed by atoms with E-state index < -0.39 is 0 Å². The molecule has 0 bridgehead atoms. The van der Waals surface area contributed by atoms with E-state index in [0.717, 1.165) is 0 Å². The van der Waals surface area contributed by atoms with Crippen LogP contribution in [0.4, 0.5) is 0 Å². The lowest BCUT2D eigenvalue weighted by Crippen LogP contribution is -2.15. The average Bonchev–Trinajstić information content (AvgIpc) is 3.42. The van der Waals surface area contributed by atoms with Gasteiger partial charge >= 0.3 is 0 Å². The van der Waals surface area contributed by atoms with Crippen molar-refractivity contribution in [2.24, 2.45) is 0 Å². The number of aryl methyl sites for hydroxylation is 6. The first-order valence-corrected chi connectivity index (χ1v) is 20.3. The molecule has 0 atom stereocenters. The second-order valence-corrected chi connectivity index (χ2v) is 17.0. The van der Waals surface area contributed by atoms with Crippen molar-refractivity contribution in [3.05, 3.63) is 202 Å². The van der Waals surface area contributed by atoms with Crippen molar-refractivity contribution in [1.82, 2.24) is 0 Å². The van der Waals surface area contributed by atoms with Gasteiger partial charge in [0.15, 0.2) is 0 Å². The predicted octanol–water partition coefficient (Wildman–Crippen LogP) is 16.1. The highest BCUT2D eigenvalue weighted by molar-refractivity contribution is 6.26. The molecule has 0 saturated carbocycles. The maximum atomic E-state index is 2.34. The second kappa shape index (κ2) is 14.1. The van der Waals surface area contributed by atoms with Crippen LogP contribution in [0.1, 0.15) is 58.4 Å². The standard InChI is InChI=1S/2C20H16.C17H18/c1-13-7-9-17-15-5-3-4-6-16(15)19-11-14(2)8-10-18(19)20(17)12-13;1-13-7-9-17-15-5-3-4-6-16(15)18-10-8-14(2)12-20(18)19(17)11-13;1-11-5-7-13-14-8-6-12(2)10-16(14)17(3,4)15(13)9-11/h2*3-12H,1-2H3;5-10H,1-4H3. The summed E-state index contributed by atoms with van der Waals surface area (Å²) in [6, 6.07) is 58.2. The van der Waals surface area contributed by atoms with Gasteiger partial charge in [0.05, 0.1) is 0 Å². The zero-order chi connectivity index (χ0) is 39.6. The van der Waals surface area contributed by atoms with E-state index in [0.29, 0.717) is 0 Å². The van der Waals surface area contributed by atoms with Crippen LogP contribution in [0.5, 0.6) is 0 Å². The Morgan fingerprint density at radius 3 is 0.807 bits per heavy atom. The van der Waals surface area contributed by atoms with Crippen LogP contribution in [0.15, 0.2) is 158 Å². The highest BCUT2D eigenvalue weighted by Crippen LogP contribution is 2.49. The molecular weight excluding hydrogens is 685 g/mol. The average molecular weight is 735 g/mol. The predicted molar refractivity (Wildman–Crippen MR) is 250 cm³/mol. The Kier molecular flexibility index (Phi) is 8.97. The van der Waals surface area contributed by atoms with Crippen molar-refractivity contribution in [1.29, 1.82) is 0 Å². The minimum atomic E-state index is 0.142. The third kappa shape index (κ3) is 6.34. The SMILES string of the molecule is Cc1ccc2c(c1)C(C)(C)c1cc(C)ccc1-2.Cc1ccc2c(c1)c1ccccc1c1ccc(C)cc12.Cc1ccc2c3ccccc3c3ccc(C)cc3c2c1. The van der Waals surface area contributed by atoms with Gasteiger partial charge < -0.3 is 0 Å². The number of fused-ring (bicyclic) bond motifs is 15. The van der Waals surface area contributed by atoms with E-state index in [1.807, 2.05) is 0 Å². The number of hydrogen-bond donors (Lipinski definition) is 0. The minimum Gasteiger partial charge on any atom is -0.0616 e. The fraction of sp³-hybridized carbons (Fsp3) is 0.158. The summed E-state index contributed by atoms with van der Waals surface area (Å²) in [6.45, 7) is 17.7. The summed E-state index contributed by atoms with van der Waals surface area (Å²) in [4.78, 5) is 0. The summed E-state index contributed by atoms with van der Waals surface area (Å²) in [5.41, 5.74) is 13.9. The topological polar surface area (TPSA) is 0 Å². The van der Waals surface area contributed by atoms with Crippen molar-refractivity contribution in [3.63, 3.8) is 0 Å². The van der Waals surface area contributed by atoms with E-state index in [2.05, 4.69) is 213 Å². The molecule has 0 saturated heterocycles. The first-order chi connectivity index (χ1) is 27.5. The molecule has 11 rings (SSSR count). The normalized spacial score (nSPS) is 12.7. The van der Waals surface area contributed by atoms with Crippen LogP contribution in [0, 0.1) is 41.5 Å². The fourth-order valence-electron chi connectivity index (χ4n) is 9.33. The zero-order valence-electron chi connectivity index (χ0n) is 34.5. The van der Waals surface area contributed by atoms with Gasteiger partial charge in [0.2, 0.25) is 0 Å². The molecule has 0 fully saturated rings. The van der Waals surface area contributed by atoms with Gasteiger partial charge in [-0.15, -0.1) is 0 Å². The van der Waals surface area contributed by atoms with Gasteiger partial charge in [-0.25, -0.2) is 0 Å². The van der Waals surface area contributed by atoms with Gasteiger partial charge in [-0.1, -0.05) is 205 Å². The smallest absolute Gasteiger partial charge is 0.0159 e. The Labute approximate surface area is 337 Å². The summed E-state index contributed by atoms with van der Waals surface area (Å²) in [5, 5.41) is 16.2. The highest BCUT2D eigenvalue weighted by Gasteiger charge is 2.35. The summed E-state index contributed by atoms with van der Waals surface area (Å²) < 4.78 is 0. The lowest BCUT2D eigenvalue weighted by Gasteiger charge is -2.22. The van der Waals surface area contributed by atoms with Crippen LogP contribution in [0.3, 0.4) is 0 Å². The van der Waals surface area contributed by atoms with Gasteiger partial charge in [0.25, 0.3) is 0 Å². The molecule has 1 aliphatic rings. The summed E-state index contributed by atoms with van der Waals surface area (Å²) in [7, 11) is 0. The van der Waals surface area contributed by atoms with Crippen molar-refractivity contribution in [2.75, 3.05) is 0 Å². The largest absolute Gasteiger partial charge is 0.0616 e. The molecule has 0 nitrogen and oxygen atoms in total. The molecule has 10 aromatic carbocycles. The van der Waals surface area contributed by atoms with Crippen molar-refractivity contribution in [2.45, 2.75) is 60.8 Å². The van der Waals surface area contributed by atoms with Crippen LogP contribution in [0.25, 0.3) is 75.8 Å². The van der Waals surface area contributed by atoms with Crippen LogP contribution in [-0.2, 0) is 5.41 Å². The first-order valence-electron chi connectivity index (χ1n) is 20.3. The van der Waals surface area contributed by atoms with Gasteiger partial charge in [-0.2, -0.15) is 0 Å². The van der Waals surface area contributed by atoms with E-state index >= 15 is 0 Å². The maximum Gasteiger partial charge on any atom is 0.0159 e. The van der Waals surface area contributed by atoms with Crippen molar-refractivity contribution < 1.29 is 0 Å². The Balaban J connectivity index is 0.000000112. The molecule has 0 heterocycles. The molecule has 0 heteroatoms. The van der Waals surface area contributed by atoms with E-state index in [4.69, 9.17) is 0 Å². The van der Waals surface area contributed by atoms with E-state index in [9.17, 15) is 0 Å². The molecule has 10 aromatic rings. The molecule has 0 N–H and O–H groups in total. The van der Waals surface area contributed by atoms with E-state index in [1.165, 1.54) is 120 Å². The van der Waals surface area contributed by atoms with Crippen molar-refractivity contribution >= 4 is 64.6 Å². The number of benzene rings is 10. The molecule has 0 aromatic heterocycles. The second-order valence-electron chi connectivity index (χ2n) is 17.0. The maximum absolute atomic E-state index is 2.34. The van der Waals surface area contributed by atoms with E-state index in [-0.39, 0.29) is 5.41 Å². The molecule has 0 aliphatic heterocycles. The quantitative estimate of drug-likeness (QED) is 0.136. The lowest BCUT2D eigenvalue weighted by molar-refractivity contribution is 0.659. The monoisotopic (exact) mass is 734 g/mol. The molecule has 0 spiro atoms. The highest BCUT2D eigenvalue weighted by atomic mass is 14.4. The molecule has 278 valence electrons. The Morgan fingerprint density at radius 2 is 0.474 bits per heavy atom. The third-order valence-electron chi connectivity index (χ3n) is 12.3. The molecule has 0 unspecified atom stereocenters. The molecular formula is C57H50. The van der Waals surface area contributed by atoms with Crippen molar-refractivity contribution in [3.8, 4) is 11.1 Å². The minimum absolute atomic E-state index is 0.142. The molecule has 1 aliphatic carbocycles.